The minimum Gasteiger partial charge on any atom is -0.346 e. The first kappa shape index (κ1) is 17.8. The van der Waals surface area contributed by atoms with Gasteiger partial charge in [0.2, 0.25) is 0 Å². The second-order valence-electron chi connectivity index (χ2n) is 7.86. The van der Waals surface area contributed by atoms with Gasteiger partial charge in [-0.15, -0.1) is 0 Å². The van der Waals surface area contributed by atoms with Gasteiger partial charge in [0.25, 0.3) is 11.8 Å². The van der Waals surface area contributed by atoms with Crippen molar-refractivity contribution in [3.8, 4) is 0 Å². The standard InChI is InChI=1S/C20H23N7O2/c28-19(15-9-13-4-6-21-18(13)22-10-15)27-7-2-1-3-17(27)14-5-8-26(12-14)20(29)16-11-23-25-24-16/h4,6,9-11,14,17H,1-3,5,7-8,12H2,(H,21,22)(H,23,24,25). The van der Waals surface area contributed by atoms with Crippen molar-refractivity contribution in [2.24, 2.45) is 5.92 Å². The van der Waals surface area contributed by atoms with Crippen LogP contribution in [0.5, 0.6) is 0 Å². The number of carbonyl (C=O) groups excluding carboxylic acids is 2. The molecule has 0 spiro atoms. The molecule has 0 aliphatic carbocycles. The average molecular weight is 393 g/mol. The molecule has 2 unspecified atom stereocenters. The summed E-state index contributed by atoms with van der Waals surface area (Å²) in [6.07, 6.45) is 8.93. The van der Waals surface area contributed by atoms with Gasteiger partial charge in [0.05, 0.1) is 11.8 Å². The SMILES string of the molecule is O=C(c1cn[nH]n1)N1CCC(C2CCCCN2C(=O)c2cnc3[nH]ccc3c2)C1. The lowest BCUT2D eigenvalue weighted by molar-refractivity contribution is 0.0515. The number of piperidine rings is 1. The van der Waals surface area contributed by atoms with Gasteiger partial charge in [0.1, 0.15) is 5.65 Å². The molecule has 9 nitrogen and oxygen atoms in total. The van der Waals surface area contributed by atoms with E-state index < -0.39 is 0 Å². The third-order valence-electron chi connectivity index (χ3n) is 6.15. The summed E-state index contributed by atoms with van der Waals surface area (Å²) in [4.78, 5) is 37.2. The number of carbonyl (C=O) groups is 2. The van der Waals surface area contributed by atoms with E-state index in [1.807, 2.05) is 28.1 Å². The Morgan fingerprint density at radius 3 is 2.90 bits per heavy atom. The van der Waals surface area contributed by atoms with Crippen LogP contribution in [-0.2, 0) is 0 Å². The number of fused-ring (bicyclic) bond motifs is 1. The molecule has 2 aliphatic rings. The number of nitrogens with one attached hydrogen (secondary N) is 2. The van der Waals surface area contributed by atoms with Crippen LogP contribution in [0.3, 0.4) is 0 Å². The molecule has 29 heavy (non-hydrogen) atoms. The molecule has 2 fully saturated rings. The van der Waals surface area contributed by atoms with E-state index in [0.29, 0.717) is 24.3 Å². The van der Waals surface area contributed by atoms with E-state index >= 15 is 0 Å². The minimum absolute atomic E-state index is 0.0339. The van der Waals surface area contributed by atoms with E-state index in [1.165, 1.54) is 6.20 Å². The molecule has 3 aromatic rings. The van der Waals surface area contributed by atoms with E-state index in [9.17, 15) is 9.59 Å². The maximum absolute atomic E-state index is 13.3. The topological polar surface area (TPSA) is 111 Å². The number of rotatable bonds is 3. The molecule has 0 radical (unpaired) electrons. The molecule has 0 bridgehead atoms. The third kappa shape index (κ3) is 3.26. The van der Waals surface area contributed by atoms with Crippen molar-refractivity contribution >= 4 is 22.8 Å². The van der Waals surface area contributed by atoms with Gasteiger partial charge in [-0.3, -0.25) is 9.59 Å². The number of amides is 2. The predicted octanol–water partition coefficient (Wildman–Crippen LogP) is 1.84. The number of aromatic nitrogens is 5. The highest BCUT2D eigenvalue weighted by Gasteiger charge is 2.38. The van der Waals surface area contributed by atoms with Crippen LogP contribution in [0.25, 0.3) is 11.0 Å². The van der Waals surface area contributed by atoms with E-state index in [2.05, 4.69) is 25.4 Å². The van der Waals surface area contributed by atoms with Gasteiger partial charge < -0.3 is 14.8 Å². The van der Waals surface area contributed by atoms with Gasteiger partial charge in [-0.25, -0.2) is 4.98 Å². The second kappa shape index (κ2) is 7.31. The average Bonchev–Trinajstić information content (AvgIpc) is 3.53. The van der Waals surface area contributed by atoms with Gasteiger partial charge in [-0.2, -0.15) is 15.4 Å². The normalized spacial score (nSPS) is 22.3. The maximum Gasteiger partial charge on any atom is 0.276 e. The van der Waals surface area contributed by atoms with Crippen LogP contribution in [-0.4, -0.2) is 72.7 Å². The lowest BCUT2D eigenvalue weighted by Gasteiger charge is -2.39. The first-order chi connectivity index (χ1) is 14.2. The fourth-order valence-electron chi connectivity index (χ4n) is 4.67. The zero-order chi connectivity index (χ0) is 19.8. The van der Waals surface area contributed by atoms with Crippen molar-refractivity contribution in [3.05, 3.63) is 42.0 Å². The number of H-pyrrole nitrogens is 2. The third-order valence-corrected chi connectivity index (χ3v) is 6.15. The first-order valence-electron chi connectivity index (χ1n) is 10.1. The van der Waals surface area contributed by atoms with Crippen molar-refractivity contribution < 1.29 is 9.59 Å². The smallest absolute Gasteiger partial charge is 0.276 e. The quantitative estimate of drug-likeness (QED) is 0.705. The van der Waals surface area contributed by atoms with Crippen LogP contribution in [0.1, 0.15) is 46.5 Å². The Labute approximate surface area is 167 Å². The summed E-state index contributed by atoms with van der Waals surface area (Å²) in [5.41, 5.74) is 1.75. The fourth-order valence-corrected chi connectivity index (χ4v) is 4.67. The molecule has 3 aromatic heterocycles. The molecule has 0 saturated carbocycles. The van der Waals surface area contributed by atoms with Gasteiger partial charge in [0, 0.05) is 43.5 Å². The Morgan fingerprint density at radius 1 is 1.10 bits per heavy atom. The molecule has 9 heteroatoms. The molecule has 2 aliphatic heterocycles. The number of aromatic amines is 2. The Bertz CT molecular complexity index is 1030. The van der Waals surface area contributed by atoms with Crippen LogP contribution in [0, 0.1) is 5.92 Å². The van der Waals surface area contributed by atoms with Crippen LogP contribution in [0.15, 0.2) is 30.7 Å². The van der Waals surface area contributed by atoms with Crippen LogP contribution in [0.2, 0.25) is 0 Å². The van der Waals surface area contributed by atoms with Crippen molar-refractivity contribution in [2.45, 2.75) is 31.7 Å². The summed E-state index contributed by atoms with van der Waals surface area (Å²) in [5, 5.41) is 11.1. The van der Waals surface area contributed by atoms with Crippen molar-refractivity contribution in [3.63, 3.8) is 0 Å². The predicted molar refractivity (Wildman–Crippen MR) is 105 cm³/mol. The molecule has 0 aromatic carbocycles. The van der Waals surface area contributed by atoms with Crippen LogP contribution < -0.4 is 0 Å². The van der Waals surface area contributed by atoms with E-state index in [-0.39, 0.29) is 23.8 Å². The van der Waals surface area contributed by atoms with Crippen molar-refractivity contribution in [2.75, 3.05) is 19.6 Å². The Balaban J connectivity index is 1.33. The summed E-state index contributed by atoms with van der Waals surface area (Å²) in [5.74, 6) is 0.211. The highest BCUT2D eigenvalue weighted by Crippen LogP contribution is 2.31. The lowest BCUT2D eigenvalue weighted by Crippen LogP contribution is -2.48. The maximum atomic E-state index is 13.3. The number of pyridine rings is 1. The molecule has 2 atom stereocenters. The highest BCUT2D eigenvalue weighted by atomic mass is 16.2. The fraction of sp³-hybridized carbons (Fsp3) is 0.450. The summed E-state index contributed by atoms with van der Waals surface area (Å²) < 4.78 is 0. The highest BCUT2D eigenvalue weighted by molar-refractivity contribution is 5.97. The van der Waals surface area contributed by atoms with Gasteiger partial charge in [0.15, 0.2) is 5.69 Å². The first-order valence-corrected chi connectivity index (χ1v) is 10.1. The zero-order valence-corrected chi connectivity index (χ0v) is 16.0. The van der Waals surface area contributed by atoms with Crippen molar-refractivity contribution in [1.82, 2.24) is 35.2 Å². The number of hydrogen-bond acceptors (Lipinski definition) is 5. The van der Waals surface area contributed by atoms with E-state index in [0.717, 1.165) is 43.3 Å². The monoisotopic (exact) mass is 393 g/mol. The molecule has 2 amide bonds. The second-order valence-corrected chi connectivity index (χ2v) is 7.86. The molecule has 2 N–H and O–H groups in total. The van der Waals surface area contributed by atoms with E-state index in [1.54, 1.807) is 6.20 Å². The molecule has 5 heterocycles. The number of nitrogens with zero attached hydrogens (tertiary/aromatic N) is 5. The Hall–Kier alpha value is -3.23. The minimum atomic E-state index is -0.1000. The number of likely N-dealkylation sites (tertiary alicyclic amines) is 2. The van der Waals surface area contributed by atoms with Gasteiger partial charge in [-0.05, 0) is 43.7 Å². The summed E-state index contributed by atoms with van der Waals surface area (Å²) in [6.45, 7) is 2.09. The molecular formula is C20H23N7O2. The Morgan fingerprint density at radius 2 is 2.03 bits per heavy atom. The van der Waals surface area contributed by atoms with E-state index in [4.69, 9.17) is 0 Å². The number of hydrogen-bond donors (Lipinski definition) is 2. The summed E-state index contributed by atoms with van der Waals surface area (Å²) in [6, 6.07) is 3.98. The summed E-state index contributed by atoms with van der Waals surface area (Å²) in [7, 11) is 0. The Kier molecular flexibility index (Phi) is 4.49. The zero-order valence-electron chi connectivity index (χ0n) is 16.0. The molecule has 150 valence electrons. The largest absolute Gasteiger partial charge is 0.346 e. The van der Waals surface area contributed by atoms with Gasteiger partial charge in [-0.1, -0.05) is 0 Å². The molecule has 2 saturated heterocycles. The summed E-state index contributed by atoms with van der Waals surface area (Å²) >= 11 is 0. The lowest BCUT2D eigenvalue weighted by atomic mass is 9.89. The molecule has 5 rings (SSSR count). The van der Waals surface area contributed by atoms with Crippen LogP contribution >= 0.6 is 0 Å². The van der Waals surface area contributed by atoms with Gasteiger partial charge >= 0.3 is 0 Å². The van der Waals surface area contributed by atoms with Crippen molar-refractivity contribution in [1.29, 1.82) is 0 Å². The molecular weight excluding hydrogens is 370 g/mol. The van der Waals surface area contributed by atoms with Crippen LogP contribution in [0.4, 0.5) is 0 Å².